The van der Waals surface area contributed by atoms with Crippen molar-refractivity contribution in [2.75, 3.05) is 0 Å². The molecule has 0 N–H and O–H groups in total. The molecule has 19 heavy (non-hydrogen) atoms. The number of rotatable bonds is 3. The molecule has 4 heteroatoms. The molecule has 0 aliphatic rings. The summed E-state index contributed by atoms with van der Waals surface area (Å²) in [7, 11) is 0. The van der Waals surface area contributed by atoms with Gasteiger partial charge in [-0.25, -0.2) is 0 Å². The van der Waals surface area contributed by atoms with E-state index in [1.165, 1.54) is 0 Å². The van der Waals surface area contributed by atoms with Crippen molar-refractivity contribution < 1.29 is 4.42 Å². The van der Waals surface area contributed by atoms with E-state index in [1.807, 2.05) is 54.6 Å². The third kappa shape index (κ3) is 2.66. The van der Waals surface area contributed by atoms with Crippen molar-refractivity contribution in [2.45, 2.75) is 6.42 Å². The average Bonchev–Trinajstić information content (AvgIpc) is 2.91. The zero-order chi connectivity index (χ0) is 13.1. The summed E-state index contributed by atoms with van der Waals surface area (Å²) in [6, 6.07) is 17.3. The van der Waals surface area contributed by atoms with Crippen molar-refractivity contribution in [1.82, 2.24) is 10.2 Å². The highest BCUT2D eigenvalue weighted by Crippen LogP contribution is 2.21. The van der Waals surface area contributed by atoms with Crippen LogP contribution in [0, 0.1) is 0 Å². The summed E-state index contributed by atoms with van der Waals surface area (Å²) in [5.74, 6) is 1.09. The molecular weight excluding hydrogens is 260 g/mol. The first kappa shape index (κ1) is 11.9. The van der Waals surface area contributed by atoms with E-state index in [9.17, 15) is 0 Å². The SMILES string of the molecule is Clc1ccccc1Cc1nnc(-c2ccccc2)o1. The molecule has 1 heterocycles. The highest BCUT2D eigenvalue weighted by Gasteiger charge is 2.10. The van der Waals surface area contributed by atoms with Crippen LogP contribution in [0.5, 0.6) is 0 Å². The summed E-state index contributed by atoms with van der Waals surface area (Å²) in [6.07, 6.45) is 0.541. The summed E-state index contributed by atoms with van der Waals surface area (Å²) in [6.45, 7) is 0. The fraction of sp³-hybridized carbons (Fsp3) is 0.0667. The molecule has 1 aromatic heterocycles. The van der Waals surface area contributed by atoms with E-state index in [2.05, 4.69) is 10.2 Å². The number of aromatic nitrogens is 2. The lowest BCUT2D eigenvalue weighted by molar-refractivity contribution is 0.518. The lowest BCUT2D eigenvalue weighted by Crippen LogP contribution is -1.89. The van der Waals surface area contributed by atoms with Gasteiger partial charge in [0.15, 0.2) is 0 Å². The van der Waals surface area contributed by atoms with Crippen molar-refractivity contribution in [2.24, 2.45) is 0 Å². The first-order chi connectivity index (χ1) is 9.33. The third-order valence-corrected chi connectivity index (χ3v) is 3.16. The quantitative estimate of drug-likeness (QED) is 0.722. The van der Waals surface area contributed by atoms with Crippen molar-refractivity contribution in [3.63, 3.8) is 0 Å². The highest BCUT2D eigenvalue weighted by molar-refractivity contribution is 6.31. The van der Waals surface area contributed by atoms with Gasteiger partial charge in [0, 0.05) is 10.6 Å². The topological polar surface area (TPSA) is 38.9 Å². The Hall–Kier alpha value is -2.13. The summed E-state index contributed by atoms with van der Waals surface area (Å²) in [5.41, 5.74) is 1.90. The maximum Gasteiger partial charge on any atom is 0.247 e. The molecule has 0 spiro atoms. The molecule has 94 valence electrons. The molecule has 0 saturated carbocycles. The molecule has 0 aliphatic heterocycles. The van der Waals surface area contributed by atoms with Gasteiger partial charge in [-0.05, 0) is 23.8 Å². The smallest absolute Gasteiger partial charge is 0.247 e. The van der Waals surface area contributed by atoms with Crippen LogP contribution >= 0.6 is 11.6 Å². The Kier molecular flexibility index (Phi) is 3.29. The number of hydrogen-bond donors (Lipinski definition) is 0. The molecule has 3 rings (SSSR count). The molecule has 0 aliphatic carbocycles. The molecule has 0 bridgehead atoms. The van der Waals surface area contributed by atoms with E-state index in [0.29, 0.717) is 23.2 Å². The minimum Gasteiger partial charge on any atom is -0.420 e. The van der Waals surface area contributed by atoms with Gasteiger partial charge in [-0.15, -0.1) is 10.2 Å². The van der Waals surface area contributed by atoms with E-state index >= 15 is 0 Å². The van der Waals surface area contributed by atoms with Crippen molar-refractivity contribution in [3.8, 4) is 11.5 Å². The molecule has 3 nitrogen and oxygen atoms in total. The Bertz CT molecular complexity index is 679. The number of hydrogen-bond acceptors (Lipinski definition) is 3. The van der Waals surface area contributed by atoms with Crippen LogP contribution < -0.4 is 0 Å². The molecule has 0 saturated heterocycles. The summed E-state index contributed by atoms with van der Waals surface area (Å²) in [4.78, 5) is 0. The van der Waals surface area contributed by atoms with Crippen molar-refractivity contribution >= 4 is 11.6 Å². The number of halogens is 1. The van der Waals surface area contributed by atoms with E-state index < -0.39 is 0 Å². The van der Waals surface area contributed by atoms with Crippen LogP contribution in [0.15, 0.2) is 59.0 Å². The summed E-state index contributed by atoms with van der Waals surface area (Å²) >= 11 is 6.11. The zero-order valence-corrected chi connectivity index (χ0v) is 10.8. The fourth-order valence-corrected chi connectivity index (χ4v) is 2.03. The standard InChI is InChI=1S/C15H11ClN2O/c16-13-9-5-4-8-12(13)10-14-17-18-15(19-14)11-6-2-1-3-7-11/h1-9H,10H2. The molecular formula is C15H11ClN2O. The second-order valence-corrected chi connectivity index (χ2v) is 4.54. The molecule has 0 amide bonds. The Balaban J connectivity index is 1.85. The first-order valence-corrected chi connectivity index (χ1v) is 6.32. The summed E-state index contributed by atoms with van der Waals surface area (Å²) < 4.78 is 5.65. The van der Waals surface area contributed by atoms with Gasteiger partial charge in [-0.2, -0.15) is 0 Å². The third-order valence-electron chi connectivity index (χ3n) is 2.79. The van der Waals surface area contributed by atoms with Crippen molar-refractivity contribution in [3.05, 3.63) is 71.1 Å². The van der Waals surface area contributed by atoms with Gasteiger partial charge in [0.1, 0.15) is 0 Å². The van der Waals surface area contributed by atoms with Crippen LogP contribution in [-0.2, 0) is 6.42 Å². The van der Waals surface area contributed by atoms with Crippen molar-refractivity contribution in [1.29, 1.82) is 0 Å². The fourth-order valence-electron chi connectivity index (χ4n) is 1.83. The largest absolute Gasteiger partial charge is 0.420 e. The Morgan fingerprint density at radius 1 is 0.895 bits per heavy atom. The predicted molar refractivity (Wildman–Crippen MR) is 74.0 cm³/mol. The molecule has 0 atom stereocenters. The second-order valence-electron chi connectivity index (χ2n) is 4.14. The highest BCUT2D eigenvalue weighted by atomic mass is 35.5. The number of nitrogens with zero attached hydrogens (tertiary/aromatic N) is 2. The van der Waals surface area contributed by atoms with E-state index in [0.717, 1.165) is 11.1 Å². The van der Waals surface area contributed by atoms with Gasteiger partial charge in [0.25, 0.3) is 0 Å². The van der Waals surface area contributed by atoms with E-state index in [1.54, 1.807) is 0 Å². The van der Waals surface area contributed by atoms with Crippen LogP contribution in [0.3, 0.4) is 0 Å². The van der Waals surface area contributed by atoms with Gasteiger partial charge >= 0.3 is 0 Å². The predicted octanol–water partition coefficient (Wildman–Crippen LogP) is 3.98. The molecule has 2 aromatic carbocycles. The normalized spacial score (nSPS) is 10.6. The molecule has 0 fully saturated rings. The van der Waals surface area contributed by atoms with Crippen LogP contribution in [0.25, 0.3) is 11.5 Å². The van der Waals surface area contributed by atoms with Gasteiger partial charge in [0.05, 0.1) is 6.42 Å². The summed E-state index contributed by atoms with van der Waals surface area (Å²) in [5, 5.41) is 8.82. The minimum atomic E-state index is 0.530. The second kappa shape index (κ2) is 5.24. The Morgan fingerprint density at radius 2 is 1.63 bits per heavy atom. The lowest BCUT2D eigenvalue weighted by atomic mass is 10.1. The van der Waals surface area contributed by atoms with Gasteiger partial charge in [0.2, 0.25) is 11.8 Å². The average molecular weight is 271 g/mol. The molecule has 3 aromatic rings. The maximum atomic E-state index is 6.11. The minimum absolute atomic E-state index is 0.530. The Labute approximate surface area is 115 Å². The van der Waals surface area contributed by atoms with Gasteiger partial charge in [-0.3, -0.25) is 0 Å². The monoisotopic (exact) mass is 270 g/mol. The van der Waals surface area contributed by atoms with E-state index in [4.69, 9.17) is 16.0 Å². The van der Waals surface area contributed by atoms with Gasteiger partial charge in [-0.1, -0.05) is 48.0 Å². The zero-order valence-electron chi connectivity index (χ0n) is 10.1. The van der Waals surface area contributed by atoms with Crippen LogP contribution in [-0.4, -0.2) is 10.2 Å². The number of benzene rings is 2. The Morgan fingerprint density at radius 3 is 2.42 bits per heavy atom. The van der Waals surface area contributed by atoms with E-state index in [-0.39, 0.29) is 0 Å². The van der Waals surface area contributed by atoms with Crippen LogP contribution in [0.4, 0.5) is 0 Å². The molecule has 0 unspecified atom stereocenters. The lowest BCUT2D eigenvalue weighted by Gasteiger charge is -1.99. The maximum absolute atomic E-state index is 6.11. The van der Waals surface area contributed by atoms with Gasteiger partial charge < -0.3 is 4.42 Å². The van der Waals surface area contributed by atoms with Crippen LogP contribution in [0.2, 0.25) is 5.02 Å². The molecule has 0 radical (unpaired) electrons. The van der Waals surface area contributed by atoms with Crippen LogP contribution in [0.1, 0.15) is 11.5 Å². The first-order valence-electron chi connectivity index (χ1n) is 5.94.